The number of halogens is 5. The van der Waals surface area contributed by atoms with Gasteiger partial charge >= 0.3 is 18.3 Å². The summed E-state index contributed by atoms with van der Waals surface area (Å²) in [6.45, 7) is 17.8. The Morgan fingerprint density at radius 3 is 2.10 bits per heavy atom. The van der Waals surface area contributed by atoms with E-state index in [1.165, 1.54) is 40.6 Å². The summed E-state index contributed by atoms with van der Waals surface area (Å²) in [5.74, 6) is 1.41. The number of aliphatic imine (C=N–C) groups is 3. The van der Waals surface area contributed by atoms with Crippen molar-refractivity contribution in [2.45, 2.75) is 112 Å². The van der Waals surface area contributed by atoms with E-state index in [9.17, 15) is 31.5 Å². The molecule has 0 spiro atoms. The van der Waals surface area contributed by atoms with Gasteiger partial charge in [-0.25, -0.2) is 9.79 Å². The Morgan fingerprint density at radius 2 is 1.60 bits per heavy atom. The Morgan fingerprint density at radius 1 is 1.00 bits per heavy atom. The van der Waals surface area contributed by atoms with Crippen LogP contribution >= 0.6 is 11.8 Å². The van der Waals surface area contributed by atoms with Crippen molar-refractivity contribution in [3.63, 3.8) is 0 Å². The summed E-state index contributed by atoms with van der Waals surface area (Å²) < 4.78 is 63.5. The first-order valence-corrected chi connectivity index (χ1v) is 18.3. The normalized spacial score (nSPS) is 14.4. The summed E-state index contributed by atoms with van der Waals surface area (Å²) in [6, 6.07) is 11.3. The smallest absolute Gasteiger partial charge is 0.426 e. The lowest BCUT2D eigenvalue weighted by Crippen LogP contribution is -2.45. The average Bonchev–Trinajstić information content (AvgIpc) is 3.07. The molecule has 14 heteroatoms. The van der Waals surface area contributed by atoms with Gasteiger partial charge in [0, 0.05) is 38.8 Å². The van der Waals surface area contributed by atoms with Gasteiger partial charge in [0.1, 0.15) is 11.5 Å². The third kappa shape index (κ3) is 17.6. The minimum absolute atomic E-state index is 0.107. The molecule has 8 nitrogen and oxygen atoms in total. The lowest BCUT2D eigenvalue weighted by molar-refractivity contribution is -0.360. The quantitative estimate of drug-likeness (QED) is 0.156. The second kappa shape index (κ2) is 23.0. The summed E-state index contributed by atoms with van der Waals surface area (Å²) in [5.41, 5.74) is 4.97. The number of urea groups is 1. The average molecular weight is 756 g/mol. The Hall–Kier alpha value is -3.81. The van der Waals surface area contributed by atoms with E-state index >= 15 is 0 Å². The number of thioether (sulfide) groups is 1. The highest BCUT2D eigenvalue weighted by atomic mass is 32.2. The number of ketones is 1. The van der Waals surface area contributed by atoms with E-state index in [4.69, 9.17) is 0 Å². The second-order valence-electron chi connectivity index (χ2n) is 12.6. The Labute approximate surface area is 309 Å². The van der Waals surface area contributed by atoms with Gasteiger partial charge in [0.15, 0.2) is 0 Å². The molecule has 1 saturated heterocycles. The first-order valence-electron chi connectivity index (χ1n) is 17.3. The van der Waals surface area contributed by atoms with Crippen molar-refractivity contribution in [3.05, 3.63) is 64.7 Å². The van der Waals surface area contributed by atoms with Crippen LogP contribution in [0.25, 0.3) is 0 Å². The highest BCUT2D eigenvalue weighted by molar-refractivity contribution is 8.14. The third-order valence-electron chi connectivity index (χ3n) is 7.67. The standard InChI is InChI=1S/C18H31N5O2S.C11H16.C9H7F5O/c1-5-7-10-20-17(19-4)23-11-8-15(9-12-23)22-18(25)21-14(3)26-13-16(24)6-2;1-8(2)11-6-5-9(3)7-10(11)4;1-6-2-4-7(5-3-6)15-9(13,14)8(10,11)12/h10,15H,5-9,11-13H2,1-4H3,(H,22,25);5-8H,1-4H3;2-5H,1H3/b19-17?,20-10-,21-14-;;. The molecule has 0 atom stereocenters. The molecule has 1 N–H and O–H groups in total. The number of alkyl halides is 5. The molecule has 290 valence electrons. The number of hydrogen-bond donors (Lipinski definition) is 1. The topological polar surface area (TPSA) is 95.7 Å². The van der Waals surface area contributed by atoms with Crippen LogP contribution in [-0.4, -0.2) is 78.1 Å². The zero-order valence-electron chi connectivity index (χ0n) is 31.7. The van der Waals surface area contributed by atoms with E-state index < -0.39 is 18.0 Å². The van der Waals surface area contributed by atoms with E-state index in [-0.39, 0.29) is 17.9 Å². The number of carbonyl (C=O) groups is 2. The van der Waals surface area contributed by atoms with E-state index in [2.05, 4.69) is 82.7 Å². The third-order valence-corrected chi connectivity index (χ3v) is 8.65. The van der Waals surface area contributed by atoms with E-state index in [1.54, 1.807) is 20.9 Å². The lowest BCUT2D eigenvalue weighted by atomic mass is 9.97. The number of carbonyl (C=O) groups excluding carboxylic acids is 2. The summed E-state index contributed by atoms with van der Waals surface area (Å²) in [5, 5.41) is 3.57. The zero-order chi connectivity index (χ0) is 39.5. The highest BCUT2D eigenvalue weighted by Gasteiger charge is 2.61. The molecule has 2 amide bonds. The summed E-state index contributed by atoms with van der Waals surface area (Å²) in [7, 11) is 1.75. The number of piperidine rings is 1. The largest absolute Gasteiger partial charge is 0.499 e. The Balaban J connectivity index is 0.000000435. The summed E-state index contributed by atoms with van der Waals surface area (Å²) in [4.78, 5) is 38.2. The predicted molar refractivity (Wildman–Crippen MR) is 204 cm³/mol. The molecule has 0 unspecified atom stereocenters. The predicted octanol–water partition coefficient (Wildman–Crippen LogP) is 10.1. The molecule has 52 heavy (non-hydrogen) atoms. The number of benzene rings is 2. The van der Waals surface area contributed by atoms with Gasteiger partial charge in [-0.2, -0.15) is 26.9 Å². The maximum Gasteiger partial charge on any atom is 0.499 e. The van der Waals surface area contributed by atoms with Gasteiger partial charge in [0.05, 0.1) is 10.8 Å². The molecule has 2 aromatic rings. The molecular formula is C38H54F5N5O3S. The second-order valence-corrected chi connectivity index (χ2v) is 13.8. The maximum atomic E-state index is 12.4. The van der Waals surface area contributed by atoms with Crippen LogP contribution in [0.4, 0.5) is 26.7 Å². The fraction of sp³-hybridized carbons (Fsp3) is 0.553. The van der Waals surface area contributed by atoms with Gasteiger partial charge in [-0.3, -0.25) is 9.79 Å². The maximum absolute atomic E-state index is 12.4. The molecule has 2 aromatic carbocycles. The number of nitrogens with zero attached hydrogens (tertiary/aromatic N) is 4. The number of ether oxygens (including phenoxy) is 1. The SMILES string of the molecule is CCC/C=N\C(=NC)N1CCC(NC(=O)/N=C(/C)SCC(=O)CC)CC1.Cc1ccc(C(C)C)c(C)c1.Cc1ccc(OC(F)(F)C(F)(F)F)cc1. The molecule has 1 fully saturated rings. The number of rotatable bonds is 9. The number of unbranched alkanes of at least 4 members (excludes halogenated alkanes) is 1. The van der Waals surface area contributed by atoms with Crippen molar-refractivity contribution in [2.75, 3.05) is 25.9 Å². The highest BCUT2D eigenvalue weighted by Crippen LogP contribution is 2.37. The Kier molecular flexibility index (Phi) is 20.4. The lowest BCUT2D eigenvalue weighted by Gasteiger charge is -2.32. The van der Waals surface area contributed by atoms with Crippen LogP contribution in [0.15, 0.2) is 57.4 Å². The van der Waals surface area contributed by atoms with Gasteiger partial charge in [0.25, 0.3) is 0 Å². The van der Waals surface area contributed by atoms with Gasteiger partial charge in [-0.1, -0.05) is 75.6 Å². The molecule has 1 heterocycles. The molecule has 0 aromatic heterocycles. The van der Waals surface area contributed by atoms with Crippen LogP contribution < -0.4 is 10.1 Å². The van der Waals surface area contributed by atoms with E-state index in [1.807, 2.05) is 13.1 Å². The summed E-state index contributed by atoms with van der Waals surface area (Å²) >= 11 is 1.32. The van der Waals surface area contributed by atoms with E-state index in [0.717, 1.165) is 62.4 Å². The van der Waals surface area contributed by atoms with Gasteiger partial charge < -0.3 is 15.0 Å². The van der Waals surface area contributed by atoms with Crippen LogP contribution in [0, 0.1) is 20.8 Å². The molecule has 3 rings (SSSR count). The number of hydrogen-bond acceptors (Lipinski definition) is 5. The molecule has 1 aliphatic heterocycles. The van der Waals surface area contributed by atoms with Crippen LogP contribution in [0.2, 0.25) is 0 Å². The van der Waals surface area contributed by atoms with Crippen molar-refractivity contribution >= 4 is 40.8 Å². The van der Waals surface area contributed by atoms with Crippen molar-refractivity contribution in [3.8, 4) is 5.75 Å². The molecule has 0 radical (unpaired) electrons. The van der Waals surface area contributed by atoms with Gasteiger partial charge in [-0.05, 0) is 76.1 Å². The van der Waals surface area contributed by atoms with Crippen molar-refractivity contribution in [2.24, 2.45) is 15.0 Å². The number of aryl methyl sites for hydroxylation is 3. The van der Waals surface area contributed by atoms with Gasteiger partial charge in [0.2, 0.25) is 5.96 Å². The molecule has 0 saturated carbocycles. The number of Topliss-reactive ketones (excluding diaryl/α,β-unsaturated/α-hetero) is 1. The minimum atomic E-state index is -5.71. The van der Waals surface area contributed by atoms with Crippen molar-refractivity contribution in [1.29, 1.82) is 0 Å². The Bertz CT molecular complexity index is 1490. The number of nitrogens with one attached hydrogen (secondary N) is 1. The van der Waals surface area contributed by atoms with Crippen LogP contribution in [0.5, 0.6) is 5.75 Å². The fourth-order valence-corrected chi connectivity index (χ4v) is 5.46. The number of guanidine groups is 1. The first-order chi connectivity index (χ1) is 24.3. The van der Waals surface area contributed by atoms with Gasteiger partial charge in [-0.15, -0.1) is 11.8 Å². The van der Waals surface area contributed by atoms with Crippen LogP contribution in [0.1, 0.15) is 94.9 Å². The van der Waals surface area contributed by atoms with Crippen LogP contribution in [0.3, 0.4) is 0 Å². The zero-order valence-corrected chi connectivity index (χ0v) is 32.6. The fourth-order valence-electron chi connectivity index (χ4n) is 4.73. The summed E-state index contributed by atoms with van der Waals surface area (Å²) in [6.07, 6.45) is -4.76. The van der Waals surface area contributed by atoms with Crippen LogP contribution in [-0.2, 0) is 4.79 Å². The molecule has 0 bridgehead atoms. The first kappa shape index (κ1) is 46.2. The number of likely N-dealkylation sites (tertiary alicyclic amines) is 1. The molecule has 1 aliphatic rings. The molecule has 0 aliphatic carbocycles. The minimum Gasteiger partial charge on any atom is -0.426 e. The molecular weight excluding hydrogens is 702 g/mol. The monoisotopic (exact) mass is 755 g/mol. The van der Waals surface area contributed by atoms with Crippen molar-refractivity contribution in [1.82, 2.24) is 10.2 Å². The van der Waals surface area contributed by atoms with Crippen molar-refractivity contribution < 1.29 is 36.3 Å². The number of amides is 2. The van der Waals surface area contributed by atoms with E-state index in [0.29, 0.717) is 23.1 Å².